The van der Waals surface area contributed by atoms with Gasteiger partial charge in [-0.1, -0.05) is 115 Å². The van der Waals surface area contributed by atoms with Crippen LogP contribution >= 0.6 is 0 Å². The summed E-state index contributed by atoms with van der Waals surface area (Å²) in [6.45, 7) is 0. The van der Waals surface area contributed by atoms with Gasteiger partial charge in [0.15, 0.2) is 0 Å². The minimum Gasteiger partial charge on any atom is -0.309 e. The second-order valence-corrected chi connectivity index (χ2v) is 17.9. The topological polar surface area (TPSA) is 62.4 Å². The predicted molar refractivity (Wildman–Crippen MR) is 278 cm³/mol. The van der Waals surface area contributed by atoms with Crippen molar-refractivity contribution >= 4 is 65.4 Å². The Morgan fingerprint density at radius 2 is 0.912 bits per heavy atom. The molecule has 0 saturated heterocycles. The van der Waals surface area contributed by atoms with Crippen molar-refractivity contribution in [3.63, 3.8) is 0 Å². The lowest BCUT2D eigenvalue weighted by molar-refractivity contribution is 1.13. The van der Waals surface area contributed by atoms with Crippen LogP contribution in [0.15, 0.2) is 212 Å². The van der Waals surface area contributed by atoms with Crippen LogP contribution in [0, 0.1) is 22.7 Å². The van der Waals surface area contributed by atoms with Gasteiger partial charge >= 0.3 is 0 Å². The molecule has 0 spiro atoms. The molecule has 0 saturated carbocycles. The molecule has 0 amide bonds. The normalized spacial score (nSPS) is 12.0. The van der Waals surface area contributed by atoms with Gasteiger partial charge in [-0.25, -0.2) is 0 Å². The van der Waals surface area contributed by atoms with Crippen LogP contribution in [-0.4, -0.2) is 13.7 Å². The zero-order valence-corrected chi connectivity index (χ0v) is 36.7. The van der Waals surface area contributed by atoms with Gasteiger partial charge in [-0.15, -0.1) is 0 Å². The number of fused-ring (bicyclic) bond motifs is 13. The first-order chi connectivity index (χ1) is 33.6. The van der Waals surface area contributed by atoms with E-state index in [0.717, 1.165) is 67.8 Å². The average Bonchev–Trinajstić information content (AvgIpc) is 4.14. The summed E-state index contributed by atoms with van der Waals surface area (Å²) in [5.41, 5.74) is 20.2. The summed E-state index contributed by atoms with van der Waals surface area (Å²) < 4.78 is 7.30. The van der Waals surface area contributed by atoms with Gasteiger partial charge in [-0.05, 0) is 148 Å². The quantitative estimate of drug-likeness (QED) is 0.173. The van der Waals surface area contributed by atoms with E-state index in [-0.39, 0.29) is 0 Å². The lowest BCUT2D eigenvalue weighted by Crippen LogP contribution is -2.01. The minimum atomic E-state index is 0.564. The highest BCUT2D eigenvalue weighted by Gasteiger charge is 2.25. The summed E-state index contributed by atoms with van der Waals surface area (Å²) in [5, 5.41) is 27.3. The summed E-state index contributed by atoms with van der Waals surface area (Å²) >= 11 is 0. The van der Waals surface area contributed by atoms with E-state index in [1.165, 1.54) is 65.6 Å². The van der Waals surface area contributed by atoms with Crippen LogP contribution in [0.1, 0.15) is 22.3 Å². The zero-order valence-electron chi connectivity index (χ0n) is 36.7. The summed E-state index contributed by atoms with van der Waals surface area (Å²) in [7, 11) is 0. The maximum atomic E-state index is 10.5. The van der Waals surface area contributed by atoms with E-state index in [4.69, 9.17) is 0 Å². The third-order valence-electron chi connectivity index (χ3n) is 14.2. The number of hydrogen-bond acceptors (Lipinski definition) is 2. The van der Waals surface area contributed by atoms with E-state index in [2.05, 4.69) is 202 Å². The molecule has 0 unspecified atom stereocenters. The van der Waals surface area contributed by atoms with E-state index in [9.17, 15) is 10.5 Å². The second-order valence-electron chi connectivity index (χ2n) is 17.9. The van der Waals surface area contributed by atoms with Crippen LogP contribution in [0.4, 0.5) is 0 Å². The number of aromatic nitrogens is 3. The molecule has 5 nitrogen and oxygen atoms in total. The predicted octanol–water partition coefficient (Wildman–Crippen LogP) is 15.6. The lowest BCUT2D eigenvalue weighted by atomic mass is 9.95. The molecule has 0 radical (unpaired) electrons. The Morgan fingerprint density at radius 1 is 0.324 bits per heavy atom. The smallest absolute Gasteiger partial charge is 0.0992 e. The third kappa shape index (κ3) is 5.54. The maximum absolute atomic E-state index is 10.5. The van der Waals surface area contributed by atoms with Crippen molar-refractivity contribution < 1.29 is 0 Å². The van der Waals surface area contributed by atoms with Gasteiger partial charge in [-0.2, -0.15) is 10.5 Å². The molecule has 0 fully saturated rings. The Hall–Kier alpha value is -9.42. The first-order valence-corrected chi connectivity index (χ1v) is 23.0. The van der Waals surface area contributed by atoms with E-state index in [1.54, 1.807) is 0 Å². The molecule has 314 valence electrons. The Balaban J connectivity index is 1.09. The number of rotatable bonds is 5. The number of benzene rings is 10. The van der Waals surface area contributed by atoms with Crippen molar-refractivity contribution in [2.45, 2.75) is 6.42 Å². The molecular weight excluding hydrogens is 827 g/mol. The van der Waals surface area contributed by atoms with Gasteiger partial charge < -0.3 is 13.7 Å². The Kier molecular flexibility index (Phi) is 8.11. The maximum Gasteiger partial charge on any atom is 0.0992 e. The van der Waals surface area contributed by atoms with Crippen LogP contribution in [-0.2, 0) is 6.42 Å². The first-order valence-electron chi connectivity index (χ1n) is 23.0. The molecule has 5 heteroatoms. The van der Waals surface area contributed by atoms with Gasteiger partial charge in [0.1, 0.15) is 0 Å². The molecule has 3 aromatic heterocycles. The van der Waals surface area contributed by atoms with E-state index < -0.39 is 0 Å². The van der Waals surface area contributed by atoms with Crippen LogP contribution in [0.2, 0.25) is 0 Å². The fourth-order valence-electron chi connectivity index (χ4n) is 11.3. The molecule has 10 aromatic carbocycles. The van der Waals surface area contributed by atoms with Crippen molar-refractivity contribution in [3.8, 4) is 62.6 Å². The summed E-state index contributed by atoms with van der Waals surface area (Å²) in [5.74, 6) is 0. The number of nitriles is 2. The lowest BCUT2D eigenvalue weighted by Gasteiger charge is -2.17. The Bertz CT molecular complexity index is 4360. The van der Waals surface area contributed by atoms with Crippen LogP contribution in [0.25, 0.3) is 116 Å². The van der Waals surface area contributed by atoms with Crippen molar-refractivity contribution in [2.24, 2.45) is 0 Å². The second kappa shape index (κ2) is 14.5. The van der Waals surface area contributed by atoms with E-state index in [0.29, 0.717) is 11.1 Å². The van der Waals surface area contributed by atoms with Crippen LogP contribution in [0.3, 0.4) is 0 Å². The first kappa shape index (κ1) is 37.9. The molecule has 0 atom stereocenters. The number of nitrogens with zero attached hydrogens (tertiary/aromatic N) is 5. The molecule has 0 N–H and O–H groups in total. The summed E-state index contributed by atoms with van der Waals surface area (Å²) in [4.78, 5) is 0. The number of hydrogen-bond donors (Lipinski definition) is 0. The van der Waals surface area contributed by atoms with Crippen LogP contribution in [0.5, 0.6) is 0 Å². The standard InChI is InChI=1S/C63H37N5/c64-37-39-22-24-41(25-23-39)43-28-40(38-65)29-44(31-43)45-32-48(35-49(33-45)67-57-19-9-7-17-52(57)56-36-55-46(34-61(56)67)30-42-12-4-5-15-50(42)55)66-59-21-11-8-18-54(59)62-60(66)27-26-53-51-16-6-10-20-58(51)68(63(53)62)47-13-2-1-3-14-47/h1-29,31-36H,30H2. The Morgan fingerprint density at radius 3 is 1.65 bits per heavy atom. The molecule has 1 aliphatic carbocycles. The van der Waals surface area contributed by atoms with Gasteiger partial charge in [0, 0.05) is 49.4 Å². The fourth-order valence-corrected chi connectivity index (χ4v) is 11.3. The average molecular weight is 864 g/mol. The molecule has 0 aliphatic heterocycles. The molecule has 68 heavy (non-hydrogen) atoms. The van der Waals surface area contributed by atoms with Gasteiger partial charge in [0.05, 0.1) is 56.4 Å². The molecule has 0 bridgehead atoms. The van der Waals surface area contributed by atoms with E-state index in [1.807, 2.05) is 36.4 Å². The third-order valence-corrected chi connectivity index (χ3v) is 14.2. The van der Waals surface area contributed by atoms with Crippen molar-refractivity contribution in [1.29, 1.82) is 10.5 Å². The van der Waals surface area contributed by atoms with Crippen molar-refractivity contribution in [2.75, 3.05) is 0 Å². The Labute approximate surface area is 391 Å². The highest BCUT2D eigenvalue weighted by atomic mass is 15.0. The summed E-state index contributed by atoms with van der Waals surface area (Å²) in [6, 6.07) is 80.5. The van der Waals surface area contributed by atoms with Gasteiger partial charge in [0.25, 0.3) is 0 Å². The SMILES string of the molecule is N#Cc1ccc(-c2cc(C#N)cc(-c3cc(-n4c5ccccc5c5cc6c(cc54)Cc4ccccc4-6)cc(-n4c5ccccc5c5c4ccc4c6ccccc6n(-c6ccccc6)c45)c3)c2)cc1. The largest absolute Gasteiger partial charge is 0.309 e. The van der Waals surface area contributed by atoms with Crippen molar-refractivity contribution in [3.05, 3.63) is 235 Å². The van der Waals surface area contributed by atoms with Crippen molar-refractivity contribution in [1.82, 2.24) is 13.7 Å². The molecule has 1 aliphatic rings. The minimum absolute atomic E-state index is 0.564. The monoisotopic (exact) mass is 863 g/mol. The number of para-hydroxylation sites is 4. The van der Waals surface area contributed by atoms with E-state index >= 15 is 0 Å². The fraction of sp³-hybridized carbons (Fsp3) is 0.0159. The highest BCUT2D eigenvalue weighted by Crippen LogP contribution is 2.45. The van der Waals surface area contributed by atoms with Crippen LogP contribution < -0.4 is 0 Å². The molecular formula is C63H37N5. The molecule has 3 heterocycles. The highest BCUT2D eigenvalue weighted by molar-refractivity contribution is 6.26. The zero-order chi connectivity index (χ0) is 45.0. The van der Waals surface area contributed by atoms with Gasteiger partial charge in [-0.3, -0.25) is 0 Å². The van der Waals surface area contributed by atoms with Gasteiger partial charge in [0.2, 0.25) is 0 Å². The molecule has 14 rings (SSSR count). The molecule has 13 aromatic rings. The summed E-state index contributed by atoms with van der Waals surface area (Å²) in [6.07, 6.45) is 0.892.